The molecule has 0 atom stereocenters. The van der Waals surface area contributed by atoms with Crippen LogP contribution in [0.4, 0.5) is 0 Å². The fraction of sp³-hybridized carbons (Fsp3) is 0.118. The second kappa shape index (κ2) is 5.22. The molecule has 3 heterocycles. The number of carbonyl (C=O) groups excluding carboxylic acids is 1. The molecule has 0 bridgehead atoms. The number of hydrogen-bond acceptors (Lipinski definition) is 4. The Morgan fingerprint density at radius 1 is 1.28 bits per heavy atom. The van der Waals surface area contributed by atoms with Crippen LogP contribution in [0.2, 0.25) is 5.02 Å². The van der Waals surface area contributed by atoms with E-state index in [2.05, 4.69) is 10.1 Å². The number of nitrogens with two attached hydrogens (primary N) is 1. The molecule has 4 aromatic rings. The largest absolute Gasteiger partial charge is 0.506 e. The SMILES string of the molecule is Cc1ccc(O)c(Cl)c1-n1cc(C(N)=O)c2cc(C)c3ncnn3c21. The van der Waals surface area contributed by atoms with Crippen molar-refractivity contribution >= 4 is 34.2 Å². The van der Waals surface area contributed by atoms with Gasteiger partial charge >= 0.3 is 0 Å². The van der Waals surface area contributed by atoms with E-state index in [0.29, 0.717) is 27.9 Å². The molecule has 0 saturated heterocycles. The number of pyridine rings is 1. The first-order chi connectivity index (χ1) is 11.9. The second-order valence-corrected chi connectivity index (χ2v) is 6.28. The molecule has 1 amide bonds. The van der Waals surface area contributed by atoms with Gasteiger partial charge in [0.2, 0.25) is 0 Å². The summed E-state index contributed by atoms with van der Waals surface area (Å²) >= 11 is 6.35. The number of rotatable bonds is 2. The Kier molecular flexibility index (Phi) is 3.23. The van der Waals surface area contributed by atoms with Crippen LogP contribution in [0, 0.1) is 13.8 Å². The van der Waals surface area contributed by atoms with Crippen molar-refractivity contribution in [3.05, 3.63) is 52.4 Å². The van der Waals surface area contributed by atoms with Gasteiger partial charge in [0.25, 0.3) is 5.91 Å². The zero-order valence-electron chi connectivity index (χ0n) is 13.5. The van der Waals surface area contributed by atoms with E-state index in [0.717, 1.165) is 11.1 Å². The van der Waals surface area contributed by atoms with Gasteiger partial charge in [-0.2, -0.15) is 9.61 Å². The third-order valence-corrected chi connectivity index (χ3v) is 4.66. The number of amides is 1. The number of aryl methyl sites for hydroxylation is 2. The molecule has 0 unspecified atom stereocenters. The number of primary amides is 1. The molecule has 1 aromatic carbocycles. The van der Waals surface area contributed by atoms with E-state index in [9.17, 15) is 9.90 Å². The third-order valence-electron chi connectivity index (χ3n) is 4.28. The lowest BCUT2D eigenvalue weighted by atomic mass is 10.1. The molecule has 0 radical (unpaired) electrons. The Hall–Kier alpha value is -3.06. The number of phenols is 1. The first-order valence-corrected chi connectivity index (χ1v) is 7.90. The molecule has 126 valence electrons. The maximum atomic E-state index is 12.0. The van der Waals surface area contributed by atoms with Crippen LogP contribution in [0.3, 0.4) is 0 Å². The zero-order valence-corrected chi connectivity index (χ0v) is 14.2. The number of fused-ring (bicyclic) bond motifs is 3. The highest BCUT2D eigenvalue weighted by molar-refractivity contribution is 6.34. The lowest BCUT2D eigenvalue weighted by Crippen LogP contribution is -2.10. The van der Waals surface area contributed by atoms with Crippen LogP contribution in [0.5, 0.6) is 5.75 Å². The van der Waals surface area contributed by atoms with Crippen molar-refractivity contribution in [2.45, 2.75) is 13.8 Å². The number of aromatic hydroxyl groups is 1. The van der Waals surface area contributed by atoms with Gasteiger partial charge in [-0.15, -0.1) is 0 Å². The summed E-state index contributed by atoms with van der Waals surface area (Å²) in [7, 11) is 0. The average Bonchev–Trinajstić information content (AvgIpc) is 3.16. The van der Waals surface area contributed by atoms with E-state index in [4.69, 9.17) is 17.3 Å². The molecule has 25 heavy (non-hydrogen) atoms. The van der Waals surface area contributed by atoms with Crippen LogP contribution >= 0.6 is 11.6 Å². The van der Waals surface area contributed by atoms with Gasteiger partial charge in [0, 0.05) is 11.6 Å². The lowest BCUT2D eigenvalue weighted by Gasteiger charge is -2.13. The maximum Gasteiger partial charge on any atom is 0.250 e. The van der Waals surface area contributed by atoms with E-state index >= 15 is 0 Å². The van der Waals surface area contributed by atoms with Gasteiger partial charge < -0.3 is 10.8 Å². The molecule has 4 rings (SSSR count). The van der Waals surface area contributed by atoms with E-state index in [1.165, 1.54) is 12.4 Å². The van der Waals surface area contributed by atoms with E-state index in [-0.39, 0.29) is 10.8 Å². The molecule has 7 nitrogen and oxygen atoms in total. The summed E-state index contributed by atoms with van der Waals surface area (Å²) < 4.78 is 3.35. The van der Waals surface area contributed by atoms with Crippen molar-refractivity contribution in [1.82, 2.24) is 19.2 Å². The topological polar surface area (TPSA) is 98.4 Å². The number of hydrogen-bond donors (Lipinski definition) is 2. The Balaban J connectivity index is 2.25. The molecule has 8 heteroatoms. The van der Waals surface area contributed by atoms with E-state index in [1.807, 2.05) is 19.9 Å². The van der Waals surface area contributed by atoms with Crippen molar-refractivity contribution < 1.29 is 9.90 Å². The summed E-state index contributed by atoms with van der Waals surface area (Å²) in [5, 5.41) is 15.1. The van der Waals surface area contributed by atoms with Gasteiger partial charge in [-0.3, -0.25) is 9.36 Å². The Labute approximate surface area is 147 Å². The number of aromatic nitrogens is 4. The van der Waals surface area contributed by atoms with Gasteiger partial charge in [-0.05, 0) is 37.1 Å². The van der Waals surface area contributed by atoms with Gasteiger partial charge in [0.1, 0.15) is 22.7 Å². The van der Waals surface area contributed by atoms with Gasteiger partial charge in [0.15, 0.2) is 5.65 Å². The summed E-state index contributed by atoms with van der Waals surface area (Å²) in [6, 6.07) is 5.12. The van der Waals surface area contributed by atoms with E-state index < -0.39 is 5.91 Å². The summed E-state index contributed by atoms with van der Waals surface area (Å²) in [5.41, 5.74) is 9.42. The summed E-state index contributed by atoms with van der Waals surface area (Å²) in [4.78, 5) is 16.2. The fourth-order valence-corrected chi connectivity index (χ4v) is 3.43. The normalized spacial score (nSPS) is 11.5. The number of halogens is 1. The monoisotopic (exact) mass is 355 g/mol. The smallest absolute Gasteiger partial charge is 0.250 e. The number of carbonyl (C=O) groups is 1. The van der Waals surface area contributed by atoms with E-state index in [1.54, 1.807) is 21.3 Å². The molecule has 3 aromatic heterocycles. The third kappa shape index (κ3) is 2.09. The van der Waals surface area contributed by atoms with Crippen LogP contribution in [0.25, 0.3) is 22.4 Å². The van der Waals surface area contributed by atoms with Crippen LogP contribution < -0.4 is 5.73 Å². The minimum atomic E-state index is -0.559. The minimum absolute atomic E-state index is 0.0494. The average molecular weight is 356 g/mol. The molecule has 0 spiro atoms. The number of benzene rings is 1. The van der Waals surface area contributed by atoms with Crippen molar-refractivity contribution in [2.75, 3.05) is 0 Å². The Morgan fingerprint density at radius 3 is 2.76 bits per heavy atom. The molecule has 0 aliphatic rings. The lowest BCUT2D eigenvalue weighted by molar-refractivity contribution is 0.100. The highest BCUT2D eigenvalue weighted by Gasteiger charge is 2.21. The van der Waals surface area contributed by atoms with Gasteiger partial charge in [-0.1, -0.05) is 17.7 Å². The molecular formula is C17H14ClN5O2. The molecule has 0 aliphatic heterocycles. The number of nitrogens with zero attached hydrogens (tertiary/aromatic N) is 4. The first-order valence-electron chi connectivity index (χ1n) is 7.52. The summed E-state index contributed by atoms with van der Waals surface area (Å²) in [5.74, 6) is -0.608. The maximum absolute atomic E-state index is 12.0. The van der Waals surface area contributed by atoms with Crippen molar-refractivity contribution in [3.8, 4) is 11.4 Å². The van der Waals surface area contributed by atoms with Crippen LogP contribution in [0.1, 0.15) is 21.5 Å². The highest BCUT2D eigenvalue weighted by Crippen LogP contribution is 2.36. The van der Waals surface area contributed by atoms with Gasteiger partial charge in [-0.25, -0.2) is 4.98 Å². The van der Waals surface area contributed by atoms with Gasteiger partial charge in [0.05, 0.1) is 11.3 Å². The van der Waals surface area contributed by atoms with Crippen molar-refractivity contribution in [1.29, 1.82) is 0 Å². The second-order valence-electron chi connectivity index (χ2n) is 5.90. The number of phenolic OH excluding ortho intramolecular Hbond substituents is 1. The molecular weight excluding hydrogens is 342 g/mol. The van der Waals surface area contributed by atoms with Crippen LogP contribution in [0.15, 0.2) is 30.7 Å². The highest BCUT2D eigenvalue weighted by atomic mass is 35.5. The van der Waals surface area contributed by atoms with Crippen molar-refractivity contribution in [2.24, 2.45) is 5.73 Å². The van der Waals surface area contributed by atoms with Crippen molar-refractivity contribution in [3.63, 3.8) is 0 Å². The fourth-order valence-electron chi connectivity index (χ4n) is 3.13. The molecule has 3 N–H and O–H groups in total. The predicted octanol–water partition coefficient (Wildman–Crippen LogP) is 2.75. The molecule has 0 saturated carbocycles. The summed E-state index contributed by atoms with van der Waals surface area (Å²) in [6.45, 7) is 3.75. The minimum Gasteiger partial charge on any atom is -0.506 e. The zero-order chi connectivity index (χ0) is 17.9. The molecule has 0 aliphatic carbocycles. The standard InChI is InChI=1S/C17H14ClN5O2/c1-8-3-4-12(24)13(18)14(8)22-6-11(15(19)25)10-5-9(2)16-20-7-21-23(16)17(10)22/h3-7,24H,1-2H3,(H2,19,25). The Morgan fingerprint density at radius 2 is 2.04 bits per heavy atom. The first kappa shape index (κ1) is 15.5. The quantitative estimate of drug-likeness (QED) is 0.577. The Bertz CT molecular complexity index is 1180. The predicted molar refractivity (Wildman–Crippen MR) is 94.5 cm³/mol. The summed E-state index contributed by atoms with van der Waals surface area (Å²) in [6.07, 6.45) is 3.06. The van der Waals surface area contributed by atoms with Crippen LogP contribution in [-0.4, -0.2) is 30.2 Å². The van der Waals surface area contributed by atoms with Crippen LogP contribution in [-0.2, 0) is 0 Å². The molecule has 0 fully saturated rings.